The third-order valence-corrected chi connectivity index (χ3v) is 6.54. The largest absolute Gasteiger partial charge is 0.419 e. The van der Waals surface area contributed by atoms with E-state index in [-0.39, 0.29) is 30.5 Å². The first kappa shape index (κ1) is 25.3. The minimum atomic E-state index is -4.47. The molecule has 0 aromatic carbocycles. The molecule has 0 spiro atoms. The molecule has 3 aliphatic heterocycles. The molecule has 2 unspecified atom stereocenters. The van der Waals surface area contributed by atoms with Gasteiger partial charge in [-0.3, -0.25) is 14.6 Å². The number of halogens is 4. The van der Waals surface area contributed by atoms with E-state index in [0.717, 1.165) is 12.4 Å². The number of alkyl halides is 4. The van der Waals surface area contributed by atoms with E-state index in [1.54, 1.807) is 6.92 Å². The summed E-state index contributed by atoms with van der Waals surface area (Å²) in [5.74, 6) is -0.276. The topological polar surface area (TPSA) is 112 Å². The molecule has 0 aliphatic carbocycles. The van der Waals surface area contributed by atoms with Crippen LogP contribution in [0.5, 0.6) is 0 Å². The van der Waals surface area contributed by atoms with Crippen molar-refractivity contribution in [2.24, 2.45) is 10.1 Å². The number of hydrogen-bond acceptors (Lipinski definition) is 8. The summed E-state index contributed by atoms with van der Waals surface area (Å²) in [5.41, 5.74) is 1.72. The summed E-state index contributed by atoms with van der Waals surface area (Å²) in [6.07, 6.45) is -0.199. The first-order chi connectivity index (χ1) is 16.6. The minimum Gasteiger partial charge on any atom is -0.366 e. The van der Waals surface area contributed by atoms with Gasteiger partial charge < -0.3 is 14.5 Å². The predicted molar refractivity (Wildman–Crippen MR) is 122 cm³/mol. The third kappa shape index (κ3) is 5.89. The number of carbonyl (C=O) groups excluding carboxylic acids is 2. The van der Waals surface area contributed by atoms with Crippen LogP contribution < -0.4 is 10.3 Å². The van der Waals surface area contributed by atoms with Crippen molar-refractivity contribution in [3.8, 4) is 0 Å². The first-order valence-corrected chi connectivity index (χ1v) is 11.7. The number of carbonyl (C=O) groups is 2. The average molecular weight is 516 g/mol. The van der Waals surface area contributed by atoms with Crippen molar-refractivity contribution >= 4 is 41.3 Å². The Hall–Kier alpha value is -2.80. The van der Waals surface area contributed by atoms with Crippen LogP contribution in [0.3, 0.4) is 0 Å². The fraction of sp³-hybridized carbons (Fsp3) is 0.619. The number of hydrazone groups is 1. The van der Waals surface area contributed by atoms with E-state index in [1.165, 1.54) is 6.21 Å². The van der Waals surface area contributed by atoms with Gasteiger partial charge in [0, 0.05) is 44.5 Å². The number of nitrogens with one attached hydrogen (secondary N) is 1. The smallest absolute Gasteiger partial charge is 0.366 e. The van der Waals surface area contributed by atoms with Crippen LogP contribution in [-0.4, -0.2) is 88.4 Å². The van der Waals surface area contributed by atoms with Gasteiger partial charge in [0.1, 0.15) is 6.10 Å². The zero-order valence-corrected chi connectivity index (χ0v) is 19.7. The third-order valence-electron chi connectivity index (χ3n) is 6.11. The fourth-order valence-corrected chi connectivity index (χ4v) is 4.43. The van der Waals surface area contributed by atoms with E-state index in [9.17, 15) is 22.8 Å². The second-order valence-electron chi connectivity index (χ2n) is 8.63. The molecule has 190 valence electrons. The highest BCUT2D eigenvalue weighted by molar-refractivity contribution is 6.54. The maximum absolute atomic E-state index is 12.9. The first-order valence-electron chi connectivity index (χ1n) is 11.2. The van der Waals surface area contributed by atoms with Gasteiger partial charge in [0.15, 0.2) is 5.38 Å². The summed E-state index contributed by atoms with van der Waals surface area (Å²) < 4.78 is 44.0. The number of ether oxygens (including phenoxy) is 1. The lowest BCUT2D eigenvalue weighted by atomic mass is 10.0. The Balaban J connectivity index is 1.25. The van der Waals surface area contributed by atoms with Crippen molar-refractivity contribution in [1.82, 2.24) is 20.3 Å². The lowest BCUT2D eigenvalue weighted by molar-refractivity contribution is -0.139. The lowest BCUT2D eigenvalue weighted by Crippen LogP contribution is -2.47. The summed E-state index contributed by atoms with van der Waals surface area (Å²) in [4.78, 5) is 40.2. The molecule has 1 aromatic rings. The van der Waals surface area contributed by atoms with Crippen LogP contribution in [0.2, 0.25) is 0 Å². The molecule has 2 amide bonds. The fourth-order valence-electron chi connectivity index (χ4n) is 4.26. The molecule has 1 N–H and O–H groups in total. The standard InChI is InChI=1S/C21H25ClF3N7O3/c1-12(29-15-10-28-30-18(33)17(15)22)11-35-16-4-7-32(19(16)34)14-2-5-31(6-3-14)20-26-8-13(9-27-20)21(23,24)25/h8-10,12,14,16-17H,2-7,11H2,1H3,(H,30,33)/t12-,16?,17?/m0/s1. The van der Waals surface area contributed by atoms with Gasteiger partial charge in [-0.1, -0.05) is 0 Å². The van der Waals surface area contributed by atoms with E-state index in [0.29, 0.717) is 44.6 Å². The number of aliphatic imine (C=N–C) groups is 1. The molecule has 1 aromatic heterocycles. The molecule has 14 heteroatoms. The number of nitrogens with zero attached hydrogens (tertiary/aromatic N) is 6. The molecule has 2 fully saturated rings. The van der Waals surface area contributed by atoms with E-state index in [4.69, 9.17) is 16.3 Å². The number of anilines is 1. The van der Waals surface area contributed by atoms with Gasteiger partial charge in [0.25, 0.3) is 11.8 Å². The van der Waals surface area contributed by atoms with Crippen molar-refractivity contribution < 1.29 is 27.5 Å². The summed E-state index contributed by atoms with van der Waals surface area (Å²) in [6, 6.07) is -0.300. The number of piperidine rings is 1. The van der Waals surface area contributed by atoms with Crippen molar-refractivity contribution in [1.29, 1.82) is 0 Å². The molecule has 3 aliphatic rings. The van der Waals surface area contributed by atoms with Gasteiger partial charge in [0.05, 0.1) is 30.1 Å². The highest BCUT2D eigenvalue weighted by Crippen LogP contribution is 2.29. The number of amides is 2. The molecule has 3 atom stereocenters. The summed E-state index contributed by atoms with van der Waals surface area (Å²) >= 11 is 6.01. The summed E-state index contributed by atoms with van der Waals surface area (Å²) in [7, 11) is 0. The quantitative estimate of drug-likeness (QED) is 0.576. The molecule has 0 bridgehead atoms. The maximum Gasteiger partial charge on any atom is 0.419 e. The number of rotatable bonds is 6. The Bertz CT molecular complexity index is 997. The molecule has 0 radical (unpaired) electrons. The summed E-state index contributed by atoms with van der Waals surface area (Å²) in [5, 5.41) is 2.78. The normalized spacial score (nSPS) is 25.9. The average Bonchev–Trinajstić information content (AvgIpc) is 3.20. The van der Waals surface area contributed by atoms with Gasteiger partial charge in [-0.25, -0.2) is 15.4 Å². The monoisotopic (exact) mass is 515 g/mol. The van der Waals surface area contributed by atoms with Crippen LogP contribution in [0.15, 0.2) is 22.5 Å². The molecular formula is C21H25ClF3N7O3. The van der Waals surface area contributed by atoms with Gasteiger partial charge >= 0.3 is 6.18 Å². The molecule has 35 heavy (non-hydrogen) atoms. The number of likely N-dealkylation sites (tertiary alicyclic amines) is 1. The molecule has 0 saturated carbocycles. The van der Waals surface area contributed by atoms with Crippen LogP contribution in [0.1, 0.15) is 31.7 Å². The SMILES string of the molecule is C[C@@H](COC1CCN(C2CCN(c3ncc(C(F)(F)F)cn3)CC2)C1=O)N=C1C=NNC(=O)C1Cl. The van der Waals surface area contributed by atoms with E-state index < -0.39 is 29.1 Å². The molecular weight excluding hydrogens is 491 g/mol. The van der Waals surface area contributed by atoms with Gasteiger partial charge in [-0.15, -0.1) is 11.6 Å². The van der Waals surface area contributed by atoms with Crippen molar-refractivity contribution in [2.45, 2.75) is 55.9 Å². The Labute approximate surface area is 204 Å². The molecule has 2 saturated heterocycles. The van der Waals surface area contributed by atoms with Crippen LogP contribution >= 0.6 is 11.6 Å². The second-order valence-corrected chi connectivity index (χ2v) is 9.07. The van der Waals surface area contributed by atoms with Crippen LogP contribution in [0.25, 0.3) is 0 Å². The van der Waals surface area contributed by atoms with Crippen LogP contribution in [-0.2, 0) is 20.5 Å². The molecule has 4 heterocycles. The highest BCUT2D eigenvalue weighted by Gasteiger charge is 2.38. The van der Waals surface area contributed by atoms with Crippen molar-refractivity contribution in [3.63, 3.8) is 0 Å². The zero-order valence-electron chi connectivity index (χ0n) is 18.9. The van der Waals surface area contributed by atoms with Crippen LogP contribution in [0.4, 0.5) is 19.1 Å². The summed E-state index contributed by atoms with van der Waals surface area (Å²) in [6.45, 7) is 3.64. The van der Waals surface area contributed by atoms with E-state index in [2.05, 4.69) is 25.5 Å². The Morgan fingerprint density at radius 2 is 1.89 bits per heavy atom. The Morgan fingerprint density at radius 3 is 2.54 bits per heavy atom. The highest BCUT2D eigenvalue weighted by atomic mass is 35.5. The van der Waals surface area contributed by atoms with Gasteiger partial charge in [-0.05, 0) is 19.8 Å². The van der Waals surface area contributed by atoms with E-state index in [1.807, 2.05) is 9.80 Å². The van der Waals surface area contributed by atoms with Gasteiger partial charge in [-0.2, -0.15) is 18.3 Å². The number of hydrogen-bond donors (Lipinski definition) is 1. The number of aromatic nitrogens is 2. The second kappa shape index (κ2) is 10.4. The molecule has 4 rings (SSSR count). The van der Waals surface area contributed by atoms with Crippen molar-refractivity contribution in [3.05, 3.63) is 18.0 Å². The van der Waals surface area contributed by atoms with Crippen molar-refractivity contribution in [2.75, 3.05) is 31.1 Å². The lowest BCUT2D eigenvalue weighted by Gasteiger charge is -2.36. The van der Waals surface area contributed by atoms with E-state index >= 15 is 0 Å². The Kier molecular flexibility index (Phi) is 7.55. The molecule has 10 nitrogen and oxygen atoms in total. The zero-order chi connectivity index (χ0) is 25.2. The van der Waals surface area contributed by atoms with Crippen LogP contribution in [0, 0.1) is 0 Å². The van der Waals surface area contributed by atoms with Gasteiger partial charge in [0.2, 0.25) is 5.95 Å². The predicted octanol–water partition coefficient (Wildman–Crippen LogP) is 1.63. The minimum absolute atomic E-state index is 0.0217. The Morgan fingerprint density at radius 1 is 1.20 bits per heavy atom. The maximum atomic E-state index is 12.9.